The SMILES string of the molecule is Cc1ccc(N=C2S/C(=C/c3cc(O)ccc3Br)C(=O)N2c2ccc(C)cc2)cc1. The first-order valence-corrected chi connectivity index (χ1v) is 11.0. The highest BCUT2D eigenvalue weighted by Crippen LogP contribution is 2.38. The van der Waals surface area contributed by atoms with Crippen LogP contribution in [0, 0.1) is 13.8 Å². The van der Waals surface area contributed by atoms with E-state index in [0.29, 0.717) is 10.1 Å². The average Bonchev–Trinajstić information content (AvgIpc) is 3.02. The lowest BCUT2D eigenvalue weighted by Gasteiger charge is -2.16. The van der Waals surface area contributed by atoms with Gasteiger partial charge in [0, 0.05) is 4.47 Å². The first-order valence-electron chi connectivity index (χ1n) is 9.35. The normalized spacial score (nSPS) is 16.6. The molecule has 0 aliphatic carbocycles. The van der Waals surface area contributed by atoms with Crippen molar-refractivity contribution in [2.45, 2.75) is 13.8 Å². The molecule has 3 aromatic carbocycles. The number of hydrogen-bond donors (Lipinski definition) is 1. The van der Waals surface area contributed by atoms with Crippen LogP contribution in [0.2, 0.25) is 0 Å². The molecule has 1 heterocycles. The topological polar surface area (TPSA) is 52.9 Å². The van der Waals surface area contributed by atoms with Crippen LogP contribution in [0.3, 0.4) is 0 Å². The van der Waals surface area contributed by atoms with Gasteiger partial charge in [-0.1, -0.05) is 51.3 Å². The minimum absolute atomic E-state index is 0.143. The van der Waals surface area contributed by atoms with Crippen LogP contribution in [0.1, 0.15) is 16.7 Å². The van der Waals surface area contributed by atoms with Crippen LogP contribution >= 0.6 is 27.7 Å². The third-order valence-electron chi connectivity index (χ3n) is 4.62. The molecule has 1 saturated heterocycles. The smallest absolute Gasteiger partial charge is 0.271 e. The fourth-order valence-corrected chi connectivity index (χ4v) is 4.34. The zero-order chi connectivity index (χ0) is 21.3. The lowest BCUT2D eigenvalue weighted by atomic mass is 10.2. The molecule has 1 aliphatic rings. The number of rotatable bonds is 3. The molecule has 1 fully saturated rings. The van der Waals surface area contributed by atoms with Gasteiger partial charge in [-0.3, -0.25) is 9.69 Å². The summed E-state index contributed by atoms with van der Waals surface area (Å²) in [6.07, 6.45) is 1.77. The Balaban J connectivity index is 1.79. The number of amidine groups is 1. The van der Waals surface area contributed by atoms with E-state index in [2.05, 4.69) is 15.9 Å². The summed E-state index contributed by atoms with van der Waals surface area (Å²) in [6, 6.07) is 20.6. The number of carbonyl (C=O) groups excluding carboxylic acids is 1. The monoisotopic (exact) mass is 478 g/mol. The molecule has 1 amide bonds. The van der Waals surface area contributed by atoms with Crippen molar-refractivity contribution in [1.82, 2.24) is 0 Å². The number of halogens is 1. The minimum Gasteiger partial charge on any atom is -0.508 e. The van der Waals surface area contributed by atoms with Gasteiger partial charge in [0.05, 0.1) is 16.3 Å². The highest BCUT2D eigenvalue weighted by Gasteiger charge is 2.34. The second kappa shape index (κ2) is 8.50. The van der Waals surface area contributed by atoms with Gasteiger partial charge in [-0.15, -0.1) is 0 Å². The number of thioether (sulfide) groups is 1. The van der Waals surface area contributed by atoms with E-state index in [-0.39, 0.29) is 11.7 Å². The summed E-state index contributed by atoms with van der Waals surface area (Å²) in [6.45, 7) is 4.04. The first kappa shape index (κ1) is 20.4. The van der Waals surface area contributed by atoms with Gasteiger partial charge in [0.2, 0.25) is 0 Å². The van der Waals surface area contributed by atoms with Crippen molar-refractivity contribution in [2.24, 2.45) is 4.99 Å². The van der Waals surface area contributed by atoms with Crippen molar-refractivity contribution in [3.63, 3.8) is 0 Å². The van der Waals surface area contributed by atoms with Gasteiger partial charge >= 0.3 is 0 Å². The Labute approximate surface area is 188 Å². The van der Waals surface area contributed by atoms with Crippen LogP contribution in [-0.2, 0) is 4.79 Å². The van der Waals surface area contributed by atoms with Crippen molar-refractivity contribution < 1.29 is 9.90 Å². The number of aromatic hydroxyl groups is 1. The first-order chi connectivity index (χ1) is 14.4. The average molecular weight is 479 g/mol. The Bertz CT molecular complexity index is 1170. The quantitative estimate of drug-likeness (QED) is 0.432. The maximum absolute atomic E-state index is 13.3. The van der Waals surface area contributed by atoms with E-state index in [1.807, 2.05) is 62.4 Å². The summed E-state index contributed by atoms with van der Waals surface area (Å²) in [5, 5.41) is 10.4. The summed E-state index contributed by atoms with van der Waals surface area (Å²) >= 11 is 4.80. The second-order valence-corrected chi connectivity index (χ2v) is 8.89. The predicted octanol–water partition coefficient (Wildman–Crippen LogP) is 6.58. The number of phenolic OH excluding ortho intramolecular Hbond substituents is 1. The number of aryl methyl sites for hydroxylation is 2. The Morgan fingerprint density at radius 1 is 0.967 bits per heavy atom. The number of hydrogen-bond acceptors (Lipinski definition) is 4. The maximum atomic E-state index is 13.3. The second-order valence-electron chi connectivity index (χ2n) is 7.02. The predicted molar refractivity (Wildman–Crippen MR) is 128 cm³/mol. The summed E-state index contributed by atoms with van der Waals surface area (Å²) in [4.78, 5) is 20.2. The molecule has 150 valence electrons. The van der Waals surface area contributed by atoms with E-state index < -0.39 is 0 Å². The Kier molecular flexibility index (Phi) is 5.79. The van der Waals surface area contributed by atoms with Crippen molar-refractivity contribution in [3.05, 3.63) is 92.8 Å². The zero-order valence-electron chi connectivity index (χ0n) is 16.5. The minimum atomic E-state index is -0.148. The molecule has 0 atom stereocenters. The molecular formula is C24H19BrN2O2S. The fraction of sp³-hybridized carbons (Fsp3) is 0.0833. The van der Waals surface area contributed by atoms with Crippen LogP contribution < -0.4 is 4.90 Å². The standard InChI is InChI=1S/C24H19BrN2O2S/c1-15-3-7-18(8-4-15)26-24-27(19-9-5-16(2)6-10-19)23(29)22(30-24)14-17-13-20(28)11-12-21(17)25/h3-14,28H,1-2H3/b22-14+,26-24?. The molecule has 6 heteroatoms. The maximum Gasteiger partial charge on any atom is 0.271 e. The van der Waals surface area contributed by atoms with Crippen molar-refractivity contribution in [1.29, 1.82) is 0 Å². The van der Waals surface area contributed by atoms with Crippen LogP contribution in [0.5, 0.6) is 5.75 Å². The van der Waals surface area contributed by atoms with Crippen LogP contribution in [0.4, 0.5) is 11.4 Å². The molecular weight excluding hydrogens is 460 g/mol. The van der Waals surface area contributed by atoms with E-state index in [4.69, 9.17) is 4.99 Å². The van der Waals surface area contributed by atoms with Gasteiger partial charge in [-0.25, -0.2) is 4.99 Å². The van der Waals surface area contributed by atoms with Crippen molar-refractivity contribution in [3.8, 4) is 5.75 Å². The molecule has 1 aliphatic heterocycles. The summed E-state index contributed by atoms with van der Waals surface area (Å²) < 4.78 is 0.798. The van der Waals surface area contributed by atoms with Crippen molar-refractivity contribution >= 4 is 56.2 Å². The molecule has 0 unspecified atom stereocenters. The highest BCUT2D eigenvalue weighted by atomic mass is 79.9. The molecule has 0 bridgehead atoms. The number of aliphatic imine (C=N–C) groups is 1. The molecule has 3 aromatic rings. The van der Waals surface area contributed by atoms with Crippen LogP contribution in [0.25, 0.3) is 6.08 Å². The fourth-order valence-electron chi connectivity index (χ4n) is 2.98. The van der Waals surface area contributed by atoms with Gasteiger partial charge < -0.3 is 5.11 Å². The zero-order valence-corrected chi connectivity index (χ0v) is 18.9. The lowest BCUT2D eigenvalue weighted by molar-refractivity contribution is -0.113. The number of nitrogens with zero attached hydrogens (tertiary/aromatic N) is 2. The number of anilines is 1. The third kappa shape index (κ3) is 4.35. The molecule has 4 rings (SSSR count). The molecule has 0 saturated carbocycles. The van der Waals surface area contributed by atoms with E-state index >= 15 is 0 Å². The van der Waals surface area contributed by atoms with E-state index in [1.54, 1.807) is 29.2 Å². The lowest BCUT2D eigenvalue weighted by Crippen LogP contribution is -2.28. The molecule has 4 nitrogen and oxygen atoms in total. The van der Waals surface area contributed by atoms with Gasteiger partial charge in [0.15, 0.2) is 5.17 Å². The number of benzene rings is 3. The summed E-state index contributed by atoms with van der Waals surface area (Å²) in [7, 11) is 0. The summed E-state index contributed by atoms with van der Waals surface area (Å²) in [5.41, 5.74) is 4.55. The Hall–Kier alpha value is -2.83. The third-order valence-corrected chi connectivity index (χ3v) is 6.31. The Morgan fingerprint density at radius 2 is 1.60 bits per heavy atom. The van der Waals surface area contributed by atoms with Crippen LogP contribution in [0.15, 0.2) is 81.1 Å². The molecule has 0 radical (unpaired) electrons. The number of carbonyl (C=O) groups is 1. The van der Waals surface area contributed by atoms with E-state index in [9.17, 15) is 9.90 Å². The van der Waals surface area contributed by atoms with Gasteiger partial charge in [-0.05, 0) is 79.7 Å². The molecule has 1 N–H and O–H groups in total. The number of amides is 1. The van der Waals surface area contributed by atoms with Crippen LogP contribution in [-0.4, -0.2) is 16.2 Å². The summed E-state index contributed by atoms with van der Waals surface area (Å²) in [5.74, 6) is -0.00519. The van der Waals surface area contributed by atoms with Gasteiger partial charge in [0.25, 0.3) is 5.91 Å². The Morgan fingerprint density at radius 3 is 2.27 bits per heavy atom. The molecule has 0 spiro atoms. The highest BCUT2D eigenvalue weighted by molar-refractivity contribution is 9.10. The largest absolute Gasteiger partial charge is 0.508 e. The van der Waals surface area contributed by atoms with Gasteiger partial charge in [-0.2, -0.15) is 0 Å². The van der Waals surface area contributed by atoms with E-state index in [0.717, 1.165) is 32.5 Å². The molecule has 0 aromatic heterocycles. The van der Waals surface area contributed by atoms with Gasteiger partial charge in [0.1, 0.15) is 5.75 Å². The molecule has 30 heavy (non-hydrogen) atoms. The van der Waals surface area contributed by atoms with E-state index in [1.165, 1.54) is 11.8 Å². The number of phenols is 1. The van der Waals surface area contributed by atoms with Crippen molar-refractivity contribution in [2.75, 3.05) is 4.90 Å².